The first-order valence-electron chi connectivity index (χ1n) is 7.76. The molecule has 0 spiro atoms. The van der Waals surface area contributed by atoms with Gasteiger partial charge in [-0.2, -0.15) is 0 Å². The van der Waals surface area contributed by atoms with Crippen LogP contribution in [0.5, 0.6) is 0 Å². The van der Waals surface area contributed by atoms with E-state index in [1.54, 1.807) is 12.2 Å². The molecule has 0 unspecified atom stereocenters. The molecule has 0 nitrogen and oxygen atoms in total. The first kappa shape index (κ1) is 16.5. The standard InChI is InChI=1S/C18H14Cl2F4/c1-5(2)8-11-9-6(19)3-4-7(20)10(9)12(8)14-13(11)15(21)17(23)18(24)16(14)22/h3-4,6-7,9-12H,1-2H3/t6-,7-,9-,10+,11-,12-/m1/s1. The Hall–Kier alpha value is -1.00. The molecule has 0 saturated heterocycles. The van der Waals surface area contributed by atoms with Crippen LogP contribution in [0.25, 0.3) is 0 Å². The zero-order valence-electron chi connectivity index (χ0n) is 12.9. The third-order valence-electron chi connectivity index (χ3n) is 5.64. The number of hydrogen-bond acceptors (Lipinski definition) is 0. The van der Waals surface area contributed by atoms with Gasteiger partial charge in [0.1, 0.15) is 0 Å². The fourth-order valence-corrected chi connectivity index (χ4v) is 5.70. The van der Waals surface area contributed by atoms with E-state index in [9.17, 15) is 17.6 Å². The summed E-state index contributed by atoms with van der Waals surface area (Å²) in [6, 6.07) is 0. The highest BCUT2D eigenvalue weighted by molar-refractivity contribution is 6.24. The van der Waals surface area contributed by atoms with Crippen LogP contribution in [0.3, 0.4) is 0 Å². The molecule has 6 heteroatoms. The Bertz CT molecular complexity index is 751. The van der Waals surface area contributed by atoms with Gasteiger partial charge >= 0.3 is 0 Å². The van der Waals surface area contributed by atoms with Gasteiger partial charge in [-0.3, -0.25) is 0 Å². The van der Waals surface area contributed by atoms with Crippen molar-refractivity contribution >= 4 is 23.2 Å². The minimum atomic E-state index is -1.76. The highest BCUT2D eigenvalue weighted by Gasteiger charge is 2.61. The maximum Gasteiger partial charge on any atom is 0.197 e. The van der Waals surface area contributed by atoms with E-state index < -0.39 is 45.9 Å². The third kappa shape index (κ3) is 1.82. The summed E-state index contributed by atoms with van der Waals surface area (Å²) in [6.07, 6.45) is 3.50. The highest BCUT2D eigenvalue weighted by Crippen LogP contribution is 2.68. The second kappa shape index (κ2) is 5.25. The number of fused-ring (bicyclic) bond motifs is 8. The second-order valence-corrected chi connectivity index (χ2v) is 7.93. The lowest BCUT2D eigenvalue weighted by Crippen LogP contribution is -2.37. The van der Waals surface area contributed by atoms with Gasteiger partial charge < -0.3 is 0 Å². The molecule has 0 radical (unpaired) electrons. The zero-order chi connectivity index (χ0) is 17.5. The molecule has 2 bridgehead atoms. The number of halogens is 6. The average molecular weight is 377 g/mol. The Morgan fingerprint density at radius 2 is 1.12 bits per heavy atom. The fourth-order valence-electron chi connectivity index (χ4n) is 4.91. The molecule has 0 amide bonds. The van der Waals surface area contributed by atoms with Gasteiger partial charge in [0.05, 0.1) is 10.8 Å². The molecule has 0 N–H and O–H groups in total. The van der Waals surface area contributed by atoms with Gasteiger partial charge in [-0.25, -0.2) is 17.6 Å². The van der Waals surface area contributed by atoms with Crippen LogP contribution in [0.4, 0.5) is 17.6 Å². The Morgan fingerprint density at radius 1 is 0.750 bits per heavy atom. The second-order valence-electron chi connectivity index (χ2n) is 6.92. The van der Waals surface area contributed by atoms with E-state index in [0.717, 1.165) is 11.1 Å². The van der Waals surface area contributed by atoms with E-state index in [1.807, 2.05) is 13.8 Å². The van der Waals surface area contributed by atoms with Crippen LogP contribution in [0.2, 0.25) is 0 Å². The molecule has 4 rings (SSSR count). The van der Waals surface area contributed by atoms with Crippen LogP contribution >= 0.6 is 23.2 Å². The first-order chi connectivity index (χ1) is 11.3. The van der Waals surface area contributed by atoms with Crippen LogP contribution in [0, 0.1) is 35.1 Å². The molecule has 0 aromatic heterocycles. The lowest BCUT2D eigenvalue weighted by atomic mass is 9.70. The summed E-state index contributed by atoms with van der Waals surface area (Å²) in [5.74, 6) is -7.81. The van der Waals surface area contributed by atoms with Crippen molar-refractivity contribution in [3.63, 3.8) is 0 Å². The summed E-state index contributed by atoms with van der Waals surface area (Å²) < 4.78 is 56.7. The van der Waals surface area contributed by atoms with Gasteiger partial charge in [0, 0.05) is 23.0 Å². The predicted molar refractivity (Wildman–Crippen MR) is 85.5 cm³/mol. The van der Waals surface area contributed by atoms with Crippen molar-refractivity contribution in [2.75, 3.05) is 0 Å². The molecule has 0 aliphatic heterocycles. The van der Waals surface area contributed by atoms with Crippen molar-refractivity contribution in [2.24, 2.45) is 11.8 Å². The lowest BCUT2D eigenvalue weighted by molar-refractivity contribution is 0.303. The van der Waals surface area contributed by atoms with Crippen molar-refractivity contribution in [3.05, 3.63) is 57.7 Å². The van der Waals surface area contributed by atoms with Gasteiger partial charge in [-0.05, 0) is 25.7 Å². The number of hydrogen-bond donors (Lipinski definition) is 0. The number of alkyl halides is 2. The zero-order valence-corrected chi connectivity index (χ0v) is 14.4. The van der Waals surface area contributed by atoms with E-state index in [1.165, 1.54) is 0 Å². The third-order valence-corrected chi connectivity index (χ3v) is 6.51. The molecule has 24 heavy (non-hydrogen) atoms. The maximum atomic E-state index is 14.5. The van der Waals surface area contributed by atoms with Gasteiger partial charge in [-0.15, -0.1) is 23.2 Å². The van der Waals surface area contributed by atoms with Crippen molar-refractivity contribution in [3.8, 4) is 0 Å². The van der Waals surface area contributed by atoms with Crippen LogP contribution in [0.15, 0.2) is 23.3 Å². The molecular weight excluding hydrogens is 363 g/mol. The Morgan fingerprint density at radius 3 is 1.46 bits per heavy atom. The average Bonchev–Trinajstić information content (AvgIpc) is 3.06. The summed E-state index contributed by atoms with van der Waals surface area (Å²) >= 11 is 12.8. The quantitative estimate of drug-likeness (QED) is 0.177. The largest absolute Gasteiger partial charge is 0.203 e. The molecule has 0 heterocycles. The molecule has 128 valence electrons. The first-order valence-corrected chi connectivity index (χ1v) is 8.64. The SMILES string of the molecule is CC(C)=C1[C@H]2c3c(F)c(F)c(F)c(F)c3[C@H]1[C@H]1[C@@H]2[C@H](Cl)C=C[C@H]1Cl. The van der Waals surface area contributed by atoms with Crippen molar-refractivity contribution in [2.45, 2.75) is 36.4 Å². The molecular formula is C18H14Cl2F4. The van der Waals surface area contributed by atoms with E-state index >= 15 is 0 Å². The maximum absolute atomic E-state index is 14.5. The number of benzene rings is 1. The van der Waals surface area contributed by atoms with Crippen molar-refractivity contribution in [1.82, 2.24) is 0 Å². The topological polar surface area (TPSA) is 0 Å². The van der Waals surface area contributed by atoms with Crippen LogP contribution in [0.1, 0.15) is 36.8 Å². The fraction of sp³-hybridized carbons (Fsp3) is 0.444. The van der Waals surface area contributed by atoms with Gasteiger partial charge in [0.15, 0.2) is 23.3 Å². The van der Waals surface area contributed by atoms with Crippen molar-refractivity contribution < 1.29 is 17.6 Å². The Balaban J connectivity index is 2.07. The summed E-state index contributed by atoms with van der Waals surface area (Å²) in [7, 11) is 0. The summed E-state index contributed by atoms with van der Waals surface area (Å²) in [5.41, 5.74) is 1.50. The summed E-state index contributed by atoms with van der Waals surface area (Å²) in [5, 5.41) is -0.837. The normalized spacial score (nSPS) is 36.1. The van der Waals surface area contributed by atoms with Crippen LogP contribution in [-0.4, -0.2) is 10.8 Å². The van der Waals surface area contributed by atoms with Crippen LogP contribution < -0.4 is 0 Å². The number of allylic oxidation sites excluding steroid dienone is 4. The van der Waals surface area contributed by atoms with E-state index in [2.05, 4.69) is 0 Å². The molecule has 1 aromatic rings. The van der Waals surface area contributed by atoms with E-state index in [-0.39, 0.29) is 23.0 Å². The van der Waals surface area contributed by atoms with E-state index in [0.29, 0.717) is 0 Å². The lowest BCUT2D eigenvalue weighted by Gasteiger charge is -2.38. The van der Waals surface area contributed by atoms with Gasteiger partial charge in [0.25, 0.3) is 0 Å². The highest BCUT2D eigenvalue weighted by atomic mass is 35.5. The van der Waals surface area contributed by atoms with Crippen molar-refractivity contribution in [1.29, 1.82) is 0 Å². The summed E-state index contributed by atoms with van der Waals surface area (Å²) in [4.78, 5) is 0. The molecule has 1 fully saturated rings. The van der Waals surface area contributed by atoms with Crippen LogP contribution in [-0.2, 0) is 0 Å². The Kier molecular flexibility index (Phi) is 3.60. The van der Waals surface area contributed by atoms with E-state index in [4.69, 9.17) is 23.2 Å². The minimum absolute atomic E-state index is 0.0846. The predicted octanol–water partition coefficient (Wildman–Crippen LogP) is 5.79. The summed E-state index contributed by atoms with van der Waals surface area (Å²) in [6.45, 7) is 3.67. The minimum Gasteiger partial charge on any atom is -0.203 e. The molecule has 1 aromatic carbocycles. The molecule has 1 saturated carbocycles. The Labute approximate surface area is 147 Å². The molecule has 3 aliphatic rings. The monoisotopic (exact) mass is 376 g/mol. The molecule has 3 aliphatic carbocycles. The van der Waals surface area contributed by atoms with Gasteiger partial charge in [-0.1, -0.05) is 23.3 Å². The van der Waals surface area contributed by atoms with Gasteiger partial charge in [0.2, 0.25) is 0 Å². The smallest absolute Gasteiger partial charge is 0.197 e. The molecule has 6 atom stereocenters. The number of rotatable bonds is 0.